The van der Waals surface area contributed by atoms with Gasteiger partial charge in [0.2, 0.25) is 0 Å². The summed E-state index contributed by atoms with van der Waals surface area (Å²) in [7, 11) is 1.81. The first-order valence-corrected chi connectivity index (χ1v) is 12.2. The summed E-state index contributed by atoms with van der Waals surface area (Å²) in [6.45, 7) is 6.65. The zero-order valence-electron chi connectivity index (χ0n) is 18.2. The van der Waals surface area contributed by atoms with Gasteiger partial charge < -0.3 is 20.3 Å². The second-order valence-electron chi connectivity index (χ2n) is 8.58. The molecule has 0 aromatic carbocycles. The lowest BCUT2D eigenvalue weighted by atomic mass is 9.98. The topological polar surface area (TPSA) is 78.9 Å². The summed E-state index contributed by atoms with van der Waals surface area (Å²) in [5.41, 5.74) is -0.449. The Bertz CT molecular complexity index is 682. The first kappa shape index (κ1) is 25.5. The summed E-state index contributed by atoms with van der Waals surface area (Å²) >= 11 is 3.48. The van der Waals surface area contributed by atoms with Crippen LogP contribution in [0.15, 0.2) is 20.9 Å². The number of guanidine groups is 1. The molecule has 2 unspecified atom stereocenters. The van der Waals surface area contributed by atoms with Crippen LogP contribution in [0.3, 0.4) is 0 Å². The molecule has 2 N–H and O–H groups in total. The van der Waals surface area contributed by atoms with Gasteiger partial charge in [0.25, 0.3) is 0 Å². The number of fused-ring (bicyclic) bond motifs is 2. The lowest BCUT2D eigenvalue weighted by molar-refractivity contribution is 0.00545. The minimum absolute atomic E-state index is 0. The molecule has 7 nitrogen and oxygen atoms in total. The van der Waals surface area contributed by atoms with E-state index in [0.29, 0.717) is 6.04 Å². The fourth-order valence-corrected chi connectivity index (χ4v) is 5.66. The van der Waals surface area contributed by atoms with E-state index in [2.05, 4.69) is 20.6 Å². The molecule has 2 aliphatic rings. The fraction of sp³-hybridized carbons (Fsp3) is 0.750. The van der Waals surface area contributed by atoms with Crippen molar-refractivity contribution in [2.75, 3.05) is 19.3 Å². The maximum atomic E-state index is 12.6. The molecule has 0 saturated carbocycles. The Morgan fingerprint density at radius 2 is 2.07 bits per heavy atom. The lowest BCUT2D eigenvalue weighted by Crippen LogP contribution is -2.55. The third kappa shape index (κ3) is 7.44. The number of piperidine rings is 1. The van der Waals surface area contributed by atoms with Crippen molar-refractivity contribution in [2.24, 2.45) is 4.99 Å². The largest absolute Gasteiger partial charge is 0.444 e. The van der Waals surface area contributed by atoms with E-state index in [9.17, 15) is 4.79 Å². The molecule has 0 radical (unpaired) electrons. The zero-order chi connectivity index (χ0) is 20.9. The number of aromatic nitrogens is 1. The van der Waals surface area contributed by atoms with Gasteiger partial charge in [-0.15, -0.1) is 35.3 Å². The maximum Gasteiger partial charge on any atom is 0.410 e. The monoisotopic (exact) mass is 567 g/mol. The highest BCUT2D eigenvalue weighted by atomic mass is 127. The average molecular weight is 568 g/mol. The summed E-state index contributed by atoms with van der Waals surface area (Å²) in [6.07, 6.45) is 6.73. The number of thiazole rings is 1. The van der Waals surface area contributed by atoms with Crippen LogP contribution in [-0.4, -0.2) is 65.0 Å². The van der Waals surface area contributed by atoms with Gasteiger partial charge in [0.05, 0.1) is 0 Å². The molecule has 2 fully saturated rings. The van der Waals surface area contributed by atoms with Gasteiger partial charge in [-0.2, -0.15) is 0 Å². The summed E-state index contributed by atoms with van der Waals surface area (Å²) in [5.74, 6) is 1.88. The fourth-order valence-electron chi connectivity index (χ4n) is 4.02. The quantitative estimate of drug-likeness (QED) is 0.175. The van der Waals surface area contributed by atoms with Crippen molar-refractivity contribution in [2.45, 2.75) is 80.9 Å². The van der Waals surface area contributed by atoms with E-state index in [-0.39, 0.29) is 42.2 Å². The molecule has 170 valence electrons. The van der Waals surface area contributed by atoms with Crippen LogP contribution in [0, 0.1) is 0 Å². The Hall–Kier alpha value is -0.750. The Morgan fingerprint density at radius 1 is 1.37 bits per heavy atom. The van der Waals surface area contributed by atoms with Crippen LogP contribution in [0.25, 0.3) is 0 Å². The van der Waals surface area contributed by atoms with Crippen molar-refractivity contribution in [3.63, 3.8) is 0 Å². The van der Waals surface area contributed by atoms with Crippen molar-refractivity contribution in [1.29, 1.82) is 0 Å². The van der Waals surface area contributed by atoms with Crippen molar-refractivity contribution in [3.05, 3.63) is 11.6 Å². The first-order valence-electron chi connectivity index (χ1n) is 10.4. The van der Waals surface area contributed by atoms with Gasteiger partial charge in [-0.1, -0.05) is 11.8 Å². The van der Waals surface area contributed by atoms with Gasteiger partial charge in [-0.3, -0.25) is 4.99 Å². The standard InChI is InChI=1S/C20H33N5O2S2.HI/c1-20(2,3)27-19(26)25-15-6-7-16(25)13-14(12-15)24-17(21-4)22-8-5-10-28-18-23-9-11-29-18;/h9,11,14-16H,5-8,10,12-13H2,1-4H3,(H2,21,22,24);1H. The van der Waals surface area contributed by atoms with Crippen LogP contribution in [0.2, 0.25) is 0 Å². The average Bonchev–Trinajstić information content (AvgIpc) is 3.25. The van der Waals surface area contributed by atoms with Crippen LogP contribution < -0.4 is 10.6 Å². The zero-order valence-corrected chi connectivity index (χ0v) is 22.2. The third-order valence-corrected chi connectivity index (χ3v) is 7.20. The molecule has 1 aromatic rings. The molecule has 1 aromatic heterocycles. The van der Waals surface area contributed by atoms with Gasteiger partial charge in [-0.25, -0.2) is 9.78 Å². The Kier molecular flexibility index (Phi) is 9.99. The summed E-state index contributed by atoms with van der Waals surface area (Å²) in [6, 6.07) is 0.852. The summed E-state index contributed by atoms with van der Waals surface area (Å²) in [4.78, 5) is 23.2. The van der Waals surface area contributed by atoms with Crippen LogP contribution in [0.1, 0.15) is 52.9 Å². The number of carbonyl (C=O) groups excluding carboxylic acids is 1. The second-order valence-corrected chi connectivity index (χ2v) is 10.8. The highest BCUT2D eigenvalue weighted by Crippen LogP contribution is 2.36. The molecule has 2 saturated heterocycles. The normalized spacial score (nSPS) is 23.7. The predicted molar refractivity (Wildman–Crippen MR) is 135 cm³/mol. The second kappa shape index (κ2) is 11.8. The van der Waals surface area contributed by atoms with Crippen molar-refractivity contribution >= 4 is 59.1 Å². The van der Waals surface area contributed by atoms with E-state index in [0.717, 1.165) is 54.7 Å². The number of aliphatic imine (C=N–C) groups is 1. The van der Waals surface area contributed by atoms with Crippen LogP contribution >= 0.6 is 47.1 Å². The number of hydrogen-bond acceptors (Lipinski definition) is 6. The number of amides is 1. The molecule has 2 atom stereocenters. The lowest BCUT2D eigenvalue weighted by Gasteiger charge is -2.40. The molecule has 2 bridgehead atoms. The molecule has 0 aliphatic carbocycles. The van der Waals surface area contributed by atoms with Crippen molar-refractivity contribution in [1.82, 2.24) is 20.5 Å². The Labute approximate surface area is 205 Å². The van der Waals surface area contributed by atoms with E-state index in [4.69, 9.17) is 4.74 Å². The van der Waals surface area contributed by atoms with Crippen LogP contribution in [0.5, 0.6) is 0 Å². The highest BCUT2D eigenvalue weighted by molar-refractivity contribution is 14.0. The smallest absolute Gasteiger partial charge is 0.410 e. The number of rotatable bonds is 6. The summed E-state index contributed by atoms with van der Waals surface area (Å²) in [5, 5.41) is 8.98. The van der Waals surface area contributed by atoms with Gasteiger partial charge in [0, 0.05) is 49.0 Å². The van der Waals surface area contributed by atoms with Gasteiger partial charge in [0.15, 0.2) is 5.96 Å². The van der Waals surface area contributed by atoms with Crippen LogP contribution in [-0.2, 0) is 4.74 Å². The minimum atomic E-state index is -0.449. The van der Waals surface area contributed by atoms with E-state index >= 15 is 0 Å². The molecule has 3 rings (SSSR count). The first-order chi connectivity index (χ1) is 13.9. The Balaban J connectivity index is 0.00000320. The van der Waals surface area contributed by atoms with Gasteiger partial charge >= 0.3 is 6.09 Å². The highest BCUT2D eigenvalue weighted by Gasteiger charge is 2.45. The number of hydrogen-bond donors (Lipinski definition) is 2. The maximum absolute atomic E-state index is 12.6. The number of thioether (sulfide) groups is 1. The van der Waals surface area contributed by atoms with E-state index < -0.39 is 5.60 Å². The minimum Gasteiger partial charge on any atom is -0.444 e. The third-order valence-electron chi connectivity index (χ3n) is 5.15. The molecule has 3 heterocycles. The SMILES string of the molecule is CN=C(NCCCSc1nccs1)NC1CC2CCC(C1)N2C(=O)OC(C)(C)C.I. The van der Waals surface area contributed by atoms with E-state index in [1.807, 2.05) is 44.3 Å². The van der Waals surface area contributed by atoms with E-state index in [1.165, 1.54) is 0 Å². The molecular formula is C20H34IN5O2S2. The number of ether oxygens (including phenoxy) is 1. The Morgan fingerprint density at radius 3 is 2.63 bits per heavy atom. The number of nitrogens with zero attached hydrogens (tertiary/aromatic N) is 3. The summed E-state index contributed by atoms with van der Waals surface area (Å²) < 4.78 is 6.75. The van der Waals surface area contributed by atoms with Crippen molar-refractivity contribution < 1.29 is 9.53 Å². The number of nitrogens with one attached hydrogen (secondary N) is 2. The predicted octanol–water partition coefficient (Wildman–Crippen LogP) is 4.34. The molecule has 30 heavy (non-hydrogen) atoms. The van der Waals surface area contributed by atoms with Gasteiger partial charge in [-0.05, 0) is 52.9 Å². The van der Waals surface area contributed by atoms with Crippen molar-refractivity contribution in [3.8, 4) is 0 Å². The molecule has 0 spiro atoms. The van der Waals surface area contributed by atoms with Crippen LogP contribution in [0.4, 0.5) is 4.79 Å². The molecule has 2 aliphatic heterocycles. The molecular weight excluding hydrogens is 533 g/mol. The van der Waals surface area contributed by atoms with Gasteiger partial charge in [0.1, 0.15) is 9.94 Å². The number of carbonyl (C=O) groups is 1. The number of halogens is 1. The molecule has 10 heteroatoms. The van der Waals surface area contributed by atoms with E-state index in [1.54, 1.807) is 23.1 Å². The molecule has 1 amide bonds.